The van der Waals surface area contributed by atoms with E-state index in [0.29, 0.717) is 26.3 Å². The van der Waals surface area contributed by atoms with Gasteiger partial charge in [-0.2, -0.15) is 0 Å². The smallest absolute Gasteiger partial charge is 0.236 e. The second-order valence-corrected chi connectivity index (χ2v) is 6.36. The van der Waals surface area contributed by atoms with Gasteiger partial charge in [-0.25, -0.2) is 0 Å². The van der Waals surface area contributed by atoms with Crippen molar-refractivity contribution in [3.05, 3.63) is 0 Å². The van der Waals surface area contributed by atoms with Crippen molar-refractivity contribution < 1.29 is 14.6 Å². The van der Waals surface area contributed by atoms with Gasteiger partial charge in [-0.1, -0.05) is 0 Å². The Morgan fingerprint density at radius 3 is 2.15 bits per heavy atom. The molecule has 0 aliphatic carbocycles. The Balaban J connectivity index is 1.70. The van der Waals surface area contributed by atoms with Crippen molar-refractivity contribution >= 4 is 5.91 Å². The molecule has 6 nitrogen and oxygen atoms in total. The van der Waals surface area contributed by atoms with Gasteiger partial charge < -0.3 is 14.7 Å². The minimum Gasteiger partial charge on any atom is -0.389 e. The zero-order chi connectivity index (χ0) is 14.6. The highest BCUT2D eigenvalue weighted by atomic mass is 16.5. The predicted octanol–water partition coefficient (Wildman–Crippen LogP) is -0.766. The van der Waals surface area contributed by atoms with Gasteiger partial charge in [0.15, 0.2) is 0 Å². The molecule has 2 fully saturated rings. The molecule has 6 heteroatoms. The summed E-state index contributed by atoms with van der Waals surface area (Å²) in [6.45, 7) is 11.3. The summed E-state index contributed by atoms with van der Waals surface area (Å²) in [6.07, 6.45) is 0. The van der Waals surface area contributed by atoms with Crippen LogP contribution in [0.3, 0.4) is 0 Å². The van der Waals surface area contributed by atoms with Crippen LogP contribution in [0.15, 0.2) is 0 Å². The number of carbonyl (C=O) groups excluding carboxylic acids is 1. The summed E-state index contributed by atoms with van der Waals surface area (Å²) in [5.74, 6) is 0.212. The lowest BCUT2D eigenvalue weighted by Gasteiger charge is -2.38. The summed E-state index contributed by atoms with van der Waals surface area (Å²) in [7, 11) is 0. The summed E-state index contributed by atoms with van der Waals surface area (Å²) in [4.78, 5) is 18.5. The molecule has 2 rings (SSSR count). The number of β-amino-alcohol motifs (C(OH)–C–C–N with tert-alkyl or cyclic N) is 1. The molecule has 0 unspecified atom stereocenters. The highest BCUT2D eigenvalue weighted by molar-refractivity contribution is 5.78. The maximum Gasteiger partial charge on any atom is 0.236 e. The Bertz CT molecular complexity index is 316. The van der Waals surface area contributed by atoms with E-state index < -0.39 is 5.60 Å². The third-order valence-electron chi connectivity index (χ3n) is 3.80. The number of piperazine rings is 1. The molecule has 0 spiro atoms. The SMILES string of the molecule is CC(C)(O)CN1CCN(CC(=O)N2CCOCC2)CC1. The second kappa shape index (κ2) is 6.85. The first kappa shape index (κ1) is 15.7. The minimum atomic E-state index is -0.647. The molecule has 0 bridgehead atoms. The molecule has 1 N–H and O–H groups in total. The van der Waals surface area contributed by atoms with Crippen LogP contribution in [0, 0.1) is 0 Å². The molecule has 0 atom stereocenters. The summed E-state index contributed by atoms with van der Waals surface area (Å²) in [5.41, 5.74) is -0.647. The molecule has 2 aliphatic heterocycles. The monoisotopic (exact) mass is 285 g/mol. The number of rotatable bonds is 4. The highest BCUT2D eigenvalue weighted by Crippen LogP contribution is 2.09. The number of amides is 1. The Hall–Kier alpha value is -0.690. The number of hydrogen-bond donors (Lipinski definition) is 1. The Labute approximate surface area is 121 Å². The average Bonchev–Trinajstić information content (AvgIpc) is 2.40. The van der Waals surface area contributed by atoms with E-state index in [4.69, 9.17) is 4.74 Å². The van der Waals surface area contributed by atoms with E-state index in [0.717, 1.165) is 39.3 Å². The Morgan fingerprint density at radius 1 is 1.05 bits per heavy atom. The van der Waals surface area contributed by atoms with Crippen LogP contribution in [0.5, 0.6) is 0 Å². The predicted molar refractivity (Wildman–Crippen MR) is 76.6 cm³/mol. The first-order valence-corrected chi connectivity index (χ1v) is 7.47. The number of hydrogen-bond acceptors (Lipinski definition) is 5. The topological polar surface area (TPSA) is 56.2 Å². The first-order valence-electron chi connectivity index (χ1n) is 7.47. The summed E-state index contributed by atoms with van der Waals surface area (Å²) >= 11 is 0. The molecule has 0 aromatic carbocycles. The molecule has 0 radical (unpaired) electrons. The van der Waals surface area contributed by atoms with Gasteiger partial charge in [-0.3, -0.25) is 14.6 Å². The van der Waals surface area contributed by atoms with Gasteiger partial charge in [0.2, 0.25) is 5.91 Å². The third-order valence-corrected chi connectivity index (χ3v) is 3.80. The lowest BCUT2D eigenvalue weighted by molar-refractivity contribution is -0.137. The van der Waals surface area contributed by atoms with Crippen LogP contribution < -0.4 is 0 Å². The van der Waals surface area contributed by atoms with Crippen LogP contribution in [0.2, 0.25) is 0 Å². The van der Waals surface area contributed by atoms with E-state index in [9.17, 15) is 9.90 Å². The number of ether oxygens (including phenoxy) is 1. The van der Waals surface area contributed by atoms with Crippen LogP contribution in [-0.4, -0.2) is 96.9 Å². The maximum absolute atomic E-state index is 12.2. The van der Waals surface area contributed by atoms with Crippen molar-refractivity contribution in [3.8, 4) is 0 Å². The van der Waals surface area contributed by atoms with Crippen molar-refractivity contribution in [2.24, 2.45) is 0 Å². The van der Waals surface area contributed by atoms with Gasteiger partial charge in [0.25, 0.3) is 0 Å². The van der Waals surface area contributed by atoms with E-state index in [1.807, 2.05) is 18.7 Å². The van der Waals surface area contributed by atoms with Crippen molar-refractivity contribution in [1.29, 1.82) is 0 Å². The number of aliphatic hydroxyl groups is 1. The van der Waals surface area contributed by atoms with E-state index >= 15 is 0 Å². The summed E-state index contributed by atoms with van der Waals surface area (Å²) < 4.78 is 5.26. The van der Waals surface area contributed by atoms with Crippen molar-refractivity contribution in [3.63, 3.8) is 0 Å². The van der Waals surface area contributed by atoms with Gasteiger partial charge in [0.05, 0.1) is 25.4 Å². The molecular formula is C14H27N3O3. The fourth-order valence-electron chi connectivity index (χ4n) is 2.76. The lowest BCUT2D eigenvalue weighted by Crippen LogP contribution is -2.53. The third kappa shape index (κ3) is 5.01. The highest BCUT2D eigenvalue weighted by Gasteiger charge is 2.25. The minimum absolute atomic E-state index is 0.212. The largest absolute Gasteiger partial charge is 0.389 e. The van der Waals surface area contributed by atoms with Crippen LogP contribution in [0.4, 0.5) is 0 Å². The first-order chi connectivity index (χ1) is 9.44. The molecule has 1 amide bonds. The lowest BCUT2D eigenvalue weighted by atomic mass is 10.1. The van der Waals surface area contributed by atoms with Crippen LogP contribution >= 0.6 is 0 Å². The Kier molecular flexibility index (Phi) is 5.37. The molecule has 2 saturated heterocycles. The fraction of sp³-hybridized carbons (Fsp3) is 0.929. The molecule has 2 aliphatic rings. The van der Waals surface area contributed by atoms with E-state index in [-0.39, 0.29) is 5.91 Å². The Morgan fingerprint density at radius 2 is 1.60 bits per heavy atom. The molecule has 0 aromatic heterocycles. The summed E-state index contributed by atoms with van der Waals surface area (Å²) in [5, 5.41) is 9.82. The number of morpholine rings is 1. The quantitative estimate of drug-likeness (QED) is 0.735. The van der Waals surface area contributed by atoms with Gasteiger partial charge >= 0.3 is 0 Å². The van der Waals surface area contributed by atoms with Crippen molar-refractivity contribution in [2.45, 2.75) is 19.4 Å². The zero-order valence-electron chi connectivity index (χ0n) is 12.7. The molecule has 2 heterocycles. The standard InChI is InChI=1S/C14H27N3O3/c1-14(2,19)12-16-5-3-15(4-6-16)11-13(18)17-7-9-20-10-8-17/h19H,3-12H2,1-2H3. The second-order valence-electron chi connectivity index (χ2n) is 6.36. The van der Waals surface area contributed by atoms with Crippen LogP contribution in [0.1, 0.15) is 13.8 Å². The zero-order valence-corrected chi connectivity index (χ0v) is 12.7. The average molecular weight is 285 g/mol. The summed E-state index contributed by atoms with van der Waals surface area (Å²) in [6, 6.07) is 0. The van der Waals surface area contributed by atoms with Crippen molar-refractivity contribution in [2.75, 3.05) is 65.6 Å². The fourth-order valence-corrected chi connectivity index (χ4v) is 2.76. The van der Waals surface area contributed by atoms with E-state index in [1.165, 1.54) is 0 Å². The van der Waals surface area contributed by atoms with E-state index in [2.05, 4.69) is 9.80 Å². The maximum atomic E-state index is 12.2. The van der Waals surface area contributed by atoms with E-state index in [1.54, 1.807) is 0 Å². The molecule has 116 valence electrons. The number of nitrogens with zero attached hydrogens (tertiary/aromatic N) is 3. The molecule has 0 aromatic rings. The van der Waals surface area contributed by atoms with Gasteiger partial charge in [0, 0.05) is 45.8 Å². The van der Waals surface area contributed by atoms with Gasteiger partial charge in [-0.15, -0.1) is 0 Å². The molecule has 0 saturated carbocycles. The number of carbonyl (C=O) groups is 1. The van der Waals surface area contributed by atoms with Crippen LogP contribution in [-0.2, 0) is 9.53 Å². The normalized spacial score (nSPS) is 23.1. The molecule has 20 heavy (non-hydrogen) atoms. The van der Waals surface area contributed by atoms with Crippen molar-refractivity contribution in [1.82, 2.24) is 14.7 Å². The van der Waals surface area contributed by atoms with Gasteiger partial charge in [-0.05, 0) is 13.8 Å². The van der Waals surface area contributed by atoms with Crippen LogP contribution in [0.25, 0.3) is 0 Å². The molecular weight excluding hydrogens is 258 g/mol. The van der Waals surface area contributed by atoms with Gasteiger partial charge in [0.1, 0.15) is 0 Å².